The van der Waals surface area contributed by atoms with Crippen LogP contribution in [0.5, 0.6) is 0 Å². The van der Waals surface area contributed by atoms with Crippen LogP contribution in [0.25, 0.3) is 77.2 Å². The summed E-state index contributed by atoms with van der Waals surface area (Å²) in [6, 6.07) is 68.4. The molecule has 0 aliphatic carbocycles. The first-order valence-electron chi connectivity index (χ1n) is 17.5. The number of anilines is 3. The molecule has 0 fully saturated rings. The molecule has 11 rings (SSSR count). The van der Waals surface area contributed by atoms with Gasteiger partial charge in [0.15, 0.2) is 0 Å². The van der Waals surface area contributed by atoms with Crippen molar-refractivity contribution >= 4 is 60.7 Å². The van der Waals surface area contributed by atoms with Gasteiger partial charge < -0.3 is 14.0 Å². The summed E-state index contributed by atoms with van der Waals surface area (Å²) < 4.78 is 5.00. The molecular weight excluding hydrogens is 619 g/mol. The van der Waals surface area contributed by atoms with Crippen LogP contribution in [0.1, 0.15) is 0 Å². The number of hydrogen-bond acceptors (Lipinski definition) is 1. The lowest BCUT2D eigenvalue weighted by Gasteiger charge is -2.33. The standard InChI is InChI=1S/C48H31N3/c1-4-15-32(16-5-1)34-29-35(33-17-6-2-7-18-33)31-37(30-34)50-41-23-11-10-21-40(41)46-44(50)28-27-39-38-22-14-26-45-47(38)51(48(39)46)43-25-13-12-24-42(43)49(45)36-19-8-3-9-20-36/h1-31H. The van der Waals surface area contributed by atoms with Crippen LogP contribution in [0.4, 0.5) is 17.1 Å². The third kappa shape index (κ3) is 4.06. The number of nitrogens with zero attached hydrogens (tertiary/aromatic N) is 3. The number of hydrogen-bond donors (Lipinski definition) is 0. The molecule has 2 aromatic heterocycles. The summed E-state index contributed by atoms with van der Waals surface area (Å²) >= 11 is 0. The number of para-hydroxylation sites is 5. The van der Waals surface area contributed by atoms with Gasteiger partial charge in [0, 0.05) is 32.9 Å². The van der Waals surface area contributed by atoms with Crippen LogP contribution in [0.3, 0.4) is 0 Å². The average molecular weight is 650 g/mol. The molecule has 51 heavy (non-hydrogen) atoms. The van der Waals surface area contributed by atoms with E-state index in [1.54, 1.807) is 0 Å². The molecule has 3 nitrogen and oxygen atoms in total. The van der Waals surface area contributed by atoms with Gasteiger partial charge in [-0.2, -0.15) is 0 Å². The first kappa shape index (κ1) is 28.0. The lowest BCUT2D eigenvalue weighted by Crippen LogP contribution is -2.17. The van der Waals surface area contributed by atoms with E-state index >= 15 is 0 Å². The maximum Gasteiger partial charge on any atom is 0.0783 e. The molecule has 0 unspecified atom stereocenters. The zero-order chi connectivity index (χ0) is 33.5. The highest BCUT2D eigenvalue weighted by Crippen LogP contribution is 2.51. The molecule has 0 radical (unpaired) electrons. The van der Waals surface area contributed by atoms with Crippen molar-refractivity contribution < 1.29 is 0 Å². The van der Waals surface area contributed by atoms with E-state index in [1.807, 2.05) is 0 Å². The Hall–Kier alpha value is -6.84. The van der Waals surface area contributed by atoms with Gasteiger partial charge in [0.05, 0.1) is 39.1 Å². The Labute approximate surface area is 295 Å². The fraction of sp³-hybridized carbons (Fsp3) is 0. The summed E-state index contributed by atoms with van der Waals surface area (Å²) in [7, 11) is 0. The van der Waals surface area contributed by atoms with E-state index in [0.29, 0.717) is 0 Å². The van der Waals surface area contributed by atoms with Gasteiger partial charge >= 0.3 is 0 Å². The summed E-state index contributed by atoms with van der Waals surface area (Å²) in [4.78, 5) is 2.41. The number of rotatable bonds is 4. The molecule has 0 amide bonds. The lowest BCUT2D eigenvalue weighted by atomic mass is 9.98. The highest BCUT2D eigenvalue weighted by Gasteiger charge is 2.30. The second-order valence-corrected chi connectivity index (χ2v) is 13.4. The van der Waals surface area contributed by atoms with Crippen LogP contribution in [0, 0.1) is 0 Å². The zero-order valence-electron chi connectivity index (χ0n) is 27.7. The molecule has 0 spiro atoms. The number of benzene rings is 8. The highest BCUT2D eigenvalue weighted by atomic mass is 15.2. The maximum absolute atomic E-state index is 2.53. The maximum atomic E-state index is 2.53. The van der Waals surface area contributed by atoms with Gasteiger partial charge in [0.1, 0.15) is 0 Å². The largest absolute Gasteiger partial charge is 0.309 e. The topological polar surface area (TPSA) is 13.1 Å². The van der Waals surface area contributed by atoms with E-state index in [1.165, 1.54) is 82.9 Å². The molecule has 0 saturated carbocycles. The SMILES string of the molecule is c1ccc(-c2cc(-c3ccccc3)cc(-n3c4ccccc4c4c3ccc3c5cccc6c5n(c34)-c3ccccc3N6c3ccccc3)c2)cc1. The fourth-order valence-electron chi connectivity index (χ4n) is 8.45. The predicted octanol–water partition coefficient (Wildman–Crippen LogP) is 13.0. The third-order valence-electron chi connectivity index (χ3n) is 10.6. The Balaban J connectivity index is 1.27. The number of fused-ring (bicyclic) bond motifs is 9. The van der Waals surface area contributed by atoms with Crippen LogP contribution >= 0.6 is 0 Å². The third-order valence-corrected chi connectivity index (χ3v) is 10.6. The van der Waals surface area contributed by atoms with Crippen LogP contribution in [-0.4, -0.2) is 9.13 Å². The van der Waals surface area contributed by atoms with Crippen molar-refractivity contribution in [2.75, 3.05) is 4.90 Å². The molecule has 0 atom stereocenters. The highest BCUT2D eigenvalue weighted by molar-refractivity contribution is 6.28. The molecule has 1 aliphatic rings. The van der Waals surface area contributed by atoms with E-state index in [2.05, 4.69) is 202 Å². The van der Waals surface area contributed by atoms with Crippen molar-refractivity contribution in [2.45, 2.75) is 0 Å². The lowest BCUT2D eigenvalue weighted by molar-refractivity contribution is 1.12. The summed E-state index contributed by atoms with van der Waals surface area (Å²) in [5.74, 6) is 0. The monoisotopic (exact) mass is 649 g/mol. The first-order chi connectivity index (χ1) is 25.3. The number of aromatic nitrogens is 2. The van der Waals surface area contributed by atoms with Crippen LogP contribution in [0.15, 0.2) is 188 Å². The molecule has 8 aromatic carbocycles. The minimum absolute atomic E-state index is 1.15. The van der Waals surface area contributed by atoms with Crippen molar-refractivity contribution in [3.63, 3.8) is 0 Å². The Kier molecular flexibility index (Phi) is 5.96. The van der Waals surface area contributed by atoms with Crippen molar-refractivity contribution in [3.8, 4) is 33.6 Å². The minimum atomic E-state index is 1.15. The van der Waals surface area contributed by atoms with E-state index in [0.717, 1.165) is 11.4 Å². The van der Waals surface area contributed by atoms with Crippen molar-refractivity contribution in [1.29, 1.82) is 0 Å². The molecule has 10 aromatic rings. The summed E-state index contributed by atoms with van der Waals surface area (Å²) in [6.45, 7) is 0. The average Bonchev–Trinajstić information content (AvgIpc) is 3.73. The summed E-state index contributed by atoms with van der Waals surface area (Å²) in [5, 5.41) is 5.02. The normalized spacial score (nSPS) is 12.3. The Morgan fingerprint density at radius 2 is 0.863 bits per heavy atom. The molecule has 238 valence electrons. The van der Waals surface area contributed by atoms with Gasteiger partial charge in [-0.05, 0) is 82.9 Å². The second kappa shape index (κ2) is 10.8. The van der Waals surface area contributed by atoms with Crippen molar-refractivity contribution in [2.24, 2.45) is 0 Å². The molecule has 3 heterocycles. The van der Waals surface area contributed by atoms with E-state index < -0.39 is 0 Å². The summed E-state index contributed by atoms with van der Waals surface area (Å²) in [5.41, 5.74) is 15.5. The van der Waals surface area contributed by atoms with Gasteiger partial charge in [0.2, 0.25) is 0 Å². The smallest absolute Gasteiger partial charge is 0.0783 e. The quantitative estimate of drug-likeness (QED) is 0.185. The molecular formula is C48H31N3. The van der Waals surface area contributed by atoms with Gasteiger partial charge in [0.25, 0.3) is 0 Å². The van der Waals surface area contributed by atoms with Gasteiger partial charge in [-0.25, -0.2) is 0 Å². The molecule has 0 bridgehead atoms. The molecule has 1 aliphatic heterocycles. The predicted molar refractivity (Wildman–Crippen MR) is 214 cm³/mol. The zero-order valence-corrected chi connectivity index (χ0v) is 27.7. The first-order valence-corrected chi connectivity index (χ1v) is 17.5. The van der Waals surface area contributed by atoms with Crippen molar-refractivity contribution in [3.05, 3.63) is 188 Å². The van der Waals surface area contributed by atoms with Gasteiger partial charge in [-0.3, -0.25) is 0 Å². The van der Waals surface area contributed by atoms with Crippen LogP contribution < -0.4 is 4.90 Å². The minimum Gasteiger partial charge on any atom is -0.309 e. The fourth-order valence-corrected chi connectivity index (χ4v) is 8.45. The van der Waals surface area contributed by atoms with E-state index in [4.69, 9.17) is 0 Å². The van der Waals surface area contributed by atoms with Crippen molar-refractivity contribution in [1.82, 2.24) is 9.13 Å². The molecule has 0 saturated heterocycles. The molecule has 3 heteroatoms. The Bertz CT molecular complexity index is 2900. The van der Waals surface area contributed by atoms with Gasteiger partial charge in [-0.1, -0.05) is 127 Å². The van der Waals surface area contributed by atoms with E-state index in [9.17, 15) is 0 Å². The van der Waals surface area contributed by atoms with E-state index in [-0.39, 0.29) is 0 Å². The Morgan fingerprint density at radius 3 is 1.59 bits per heavy atom. The van der Waals surface area contributed by atoms with Crippen LogP contribution in [-0.2, 0) is 0 Å². The second-order valence-electron chi connectivity index (χ2n) is 13.4. The van der Waals surface area contributed by atoms with Gasteiger partial charge in [-0.15, -0.1) is 0 Å². The summed E-state index contributed by atoms with van der Waals surface area (Å²) in [6.07, 6.45) is 0. The van der Waals surface area contributed by atoms with Crippen LogP contribution in [0.2, 0.25) is 0 Å². The Morgan fingerprint density at radius 1 is 0.294 bits per heavy atom. The molecule has 0 N–H and O–H groups in total.